The number of hydrogen-bond acceptors (Lipinski definition) is 4. The second kappa shape index (κ2) is 7.74. The fourth-order valence-corrected chi connectivity index (χ4v) is 5.21. The third-order valence-electron chi connectivity index (χ3n) is 3.32. The normalized spacial score (nSPS) is 21.2. The van der Waals surface area contributed by atoms with E-state index in [1.54, 1.807) is 11.8 Å². The molecule has 1 saturated heterocycles. The first kappa shape index (κ1) is 17.0. The maximum Gasteiger partial charge on any atom is 0.416 e. The molecule has 1 fully saturated rings. The summed E-state index contributed by atoms with van der Waals surface area (Å²) in [6.45, 7) is 2.72. The minimum Gasteiger partial charge on any atom is -0.309 e. The summed E-state index contributed by atoms with van der Waals surface area (Å²) in [7, 11) is 0. The van der Waals surface area contributed by atoms with Crippen molar-refractivity contribution in [3.8, 4) is 0 Å². The van der Waals surface area contributed by atoms with Gasteiger partial charge in [-0.15, -0.1) is 0 Å². The quantitative estimate of drug-likeness (QED) is 0.879. The van der Waals surface area contributed by atoms with Gasteiger partial charge in [-0.25, -0.2) is 0 Å². The van der Waals surface area contributed by atoms with Crippen molar-refractivity contribution in [3.63, 3.8) is 0 Å². The van der Waals surface area contributed by atoms with Gasteiger partial charge in [-0.05, 0) is 19.0 Å². The third-order valence-corrected chi connectivity index (χ3v) is 6.18. The molecule has 2 atom stereocenters. The summed E-state index contributed by atoms with van der Waals surface area (Å²) in [5.41, 5.74) is -0.291. The molecule has 21 heavy (non-hydrogen) atoms. The van der Waals surface area contributed by atoms with E-state index in [0.717, 1.165) is 29.7 Å². The molecule has 118 valence electrons. The Morgan fingerprint density at radius 2 is 2.24 bits per heavy atom. The number of rotatable bonds is 5. The van der Waals surface area contributed by atoms with E-state index < -0.39 is 11.7 Å². The molecule has 1 aromatic rings. The van der Waals surface area contributed by atoms with Crippen LogP contribution in [0.15, 0.2) is 18.5 Å². The topological polar surface area (TPSA) is 24.9 Å². The van der Waals surface area contributed by atoms with Crippen LogP contribution in [0.4, 0.5) is 13.2 Å². The zero-order valence-electron chi connectivity index (χ0n) is 11.8. The molecular weight excluding hydrogens is 317 g/mol. The summed E-state index contributed by atoms with van der Waals surface area (Å²) >= 11 is 3.57. The highest BCUT2D eigenvalue weighted by atomic mass is 32.2. The highest BCUT2D eigenvalue weighted by Crippen LogP contribution is 2.39. The maximum absolute atomic E-state index is 13.2. The largest absolute Gasteiger partial charge is 0.416 e. The predicted molar refractivity (Wildman–Crippen MR) is 83.8 cm³/mol. The zero-order chi connectivity index (χ0) is 15.3. The molecule has 2 nitrogen and oxygen atoms in total. The van der Waals surface area contributed by atoms with Crippen LogP contribution in [0.1, 0.15) is 30.5 Å². The van der Waals surface area contributed by atoms with Crippen LogP contribution in [0.2, 0.25) is 0 Å². The van der Waals surface area contributed by atoms with Crippen molar-refractivity contribution in [1.82, 2.24) is 10.3 Å². The van der Waals surface area contributed by atoms with Gasteiger partial charge in [-0.1, -0.05) is 6.92 Å². The summed E-state index contributed by atoms with van der Waals surface area (Å²) in [5.74, 6) is 2.93. The Labute approximate surface area is 131 Å². The lowest BCUT2D eigenvalue weighted by Gasteiger charge is -2.32. The molecule has 7 heteroatoms. The number of pyridine rings is 1. The van der Waals surface area contributed by atoms with E-state index in [2.05, 4.69) is 10.3 Å². The van der Waals surface area contributed by atoms with Crippen molar-refractivity contribution >= 4 is 23.5 Å². The SMILES string of the molecule is CCCNC(c1cnccc1C(F)(F)F)C1CSCCS1. The summed E-state index contributed by atoms with van der Waals surface area (Å²) in [6, 6.07) is 0.782. The van der Waals surface area contributed by atoms with Crippen LogP contribution in [0, 0.1) is 0 Å². The van der Waals surface area contributed by atoms with E-state index in [0.29, 0.717) is 6.54 Å². The first-order valence-corrected chi connectivity index (χ1v) is 9.18. The van der Waals surface area contributed by atoms with E-state index in [1.165, 1.54) is 12.4 Å². The summed E-state index contributed by atoms with van der Waals surface area (Å²) in [5, 5.41) is 3.45. The molecule has 0 bridgehead atoms. The van der Waals surface area contributed by atoms with Crippen LogP contribution in [0.25, 0.3) is 0 Å². The predicted octanol–water partition coefficient (Wildman–Crippen LogP) is 3.99. The molecule has 1 N–H and O–H groups in total. The number of alkyl halides is 3. The molecule has 1 aliphatic rings. The molecule has 1 aromatic heterocycles. The van der Waals surface area contributed by atoms with Gasteiger partial charge in [0.2, 0.25) is 0 Å². The molecule has 0 radical (unpaired) electrons. The van der Waals surface area contributed by atoms with Crippen LogP contribution >= 0.6 is 23.5 Å². The second-order valence-corrected chi connectivity index (χ2v) is 7.37. The number of hydrogen-bond donors (Lipinski definition) is 1. The molecule has 0 saturated carbocycles. The molecule has 2 rings (SSSR count). The fourth-order valence-electron chi connectivity index (χ4n) is 2.35. The first-order chi connectivity index (χ1) is 10.0. The number of thioether (sulfide) groups is 2. The molecule has 0 spiro atoms. The van der Waals surface area contributed by atoms with Gasteiger partial charge in [0, 0.05) is 46.5 Å². The standard InChI is InChI=1S/C14H19F3N2S2/c1-2-4-19-13(12-9-20-6-7-21-12)10-8-18-5-3-11(10)14(15,16)17/h3,5,8,12-13,19H,2,4,6-7,9H2,1H3. The van der Waals surface area contributed by atoms with Crippen molar-refractivity contribution in [2.75, 3.05) is 23.8 Å². The Balaban J connectivity index is 2.31. The summed E-state index contributed by atoms with van der Waals surface area (Å²) < 4.78 is 39.7. The average molecular weight is 336 g/mol. The van der Waals surface area contributed by atoms with Crippen molar-refractivity contribution in [3.05, 3.63) is 29.6 Å². The van der Waals surface area contributed by atoms with Gasteiger partial charge in [0.05, 0.1) is 5.56 Å². The van der Waals surface area contributed by atoms with E-state index in [1.807, 2.05) is 18.7 Å². The second-order valence-electron chi connectivity index (χ2n) is 4.88. The number of halogens is 3. The van der Waals surface area contributed by atoms with Crippen LogP contribution < -0.4 is 5.32 Å². The molecule has 0 aliphatic carbocycles. The van der Waals surface area contributed by atoms with Crippen molar-refractivity contribution in [1.29, 1.82) is 0 Å². The van der Waals surface area contributed by atoms with Gasteiger partial charge >= 0.3 is 6.18 Å². The Kier molecular flexibility index (Phi) is 6.25. The number of aromatic nitrogens is 1. The zero-order valence-corrected chi connectivity index (χ0v) is 13.5. The van der Waals surface area contributed by atoms with Gasteiger partial charge in [0.15, 0.2) is 0 Å². The lowest BCUT2D eigenvalue weighted by molar-refractivity contribution is -0.138. The van der Waals surface area contributed by atoms with Gasteiger partial charge < -0.3 is 5.32 Å². The Hall–Kier alpha value is -0.400. The molecule has 2 unspecified atom stereocenters. The average Bonchev–Trinajstić information content (AvgIpc) is 2.48. The van der Waals surface area contributed by atoms with Crippen molar-refractivity contribution in [2.45, 2.75) is 30.8 Å². The first-order valence-electron chi connectivity index (χ1n) is 6.98. The van der Waals surface area contributed by atoms with E-state index >= 15 is 0 Å². The van der Waals surface area contributed by atoms with E-state index in [4.69, 9.17) is 0 Å². The molecule has 2 heterocycles. The molecule has 0 aromatic carbocycles. The number of nitrogens with zero attached hydrogens (tertiary/aromatic N) is 1. The molecule has 1 aliphatic heterocycles. The van der Waals surface area contributed by atoms with Crippen LogP contribution in [0.5, 0.6) is 0 Å². The summed E-state index contributed by atoms with van der Waals surface area (Å²) in [4.78, 5) is 3.93. The van der Waals surface area contributed by atoms with Crippen LogP contribution in [-0.4, -0.2) is 34.0 Å². The van der Waals surface area contributed by atoms with Crippen LogP contribution in [-0.2, 0) is 6.18 Å². The monoisotopic (exact) mass is 336 g/mol. The molecular formula is C14H19F3N2S2. The lowest BCUT2D eigenvalue weighted by atomic mass is 10.00. The van der Waals surface area contributed by atoms with Crippen molar-refractivity contribution in [2.24, 2.45) is 0 Å². The minimum absolute atomic E-state index is 0.153. The van der Waals surface area contributed by atoms with Gasteiger partial charge in [0.1, 0.15) is 0 Å². The van der Waals surface area contributed by atoms with E-state index in [9.17, 15) is 13.2 Å². The Bertz CT molecular complexity index is 448. The highest BCUT2D eigenvalue weighted by Gasteiger charge is 2.37. The highest BCUT2D eigenvalue weighted by molar-refractivity contribution is 8.06. The fraction of sp³-hybridized carbons (Fsp3) is 0.643. The Morgan fingerprint density at radius 3 is 2.86 bits per heavy atom. The van der Waals surface area contributed by atoms with Gasteiger partial charge in [-0.2, -0.15) is 36.7 Å². The maximum atomic E-state index is 13.2. The van der Waals surface area contributed by atoms with Gasteiger partial charge in [0.25, 0.3) is 0 Å². The van der Waals surface area contributed by atoms with Crippen LogP contribution in [0.3, 0.4) is 0 Å². The number of nitrogens with one attached hydrogen (secondary N) is 1. The third kappa shape index (κ3) is 4.53. The Morgan fingerprint density at radius 1 is 1.43 bits per heavy atom. The van der Waals surface area contributed by atoms with E-state index in [-0.39, 0.29) is 16.9 Å². The van der Waals surface area contributed by atoms with Gasteiger partial charge in [-0.3, -0.25) is 4.98 Å². The minimum atomic E-state index is -4.34. The lowest BCUT2D eigenvalue weighted by Crippen LogP contribution is -2.35. The van der Waals surface area contributed by atoms with Crippen molar-refractivity contribution < 1.29 is 13.2 Å². The smallest absolute Gasteiger partial charge is 0.309 e. The molecule has 0 amide bonds. The summed E-state index contributed by atoms with van der Waals surface area (Å²) in [6.07, 6.45) is -0.860.